The smallest absolute Gasteiger partial charge is 0.349 e. The van der Waals surface area contributed by atoms with Crippen molar-refractivity contribution >= 4 is 17.9 Å². The first-order chi connectivity index (χ1) is 12.4. The molecule has 1 aliphatic heterocycles. The Bertz CT molecular complexity index is 704. The van der Waals surface area contributed by atoms with Crippen LogP contribution in [0.1, 0.15) is 46.3 Å². The van der Waals surface area contributed by atoms with Crippen LogP contribution < -0.4 is 0 Å². The third-order valence-corrected chi connectivity index (χ3v) is 3.53. The Morgan fingerprint density at radius 2 is 1.56 bits per heavy atom. The second-order valence-electron chi connectivity index (χ2n) is 7.58. The number of carboxylic acid groups (broad SMARTS) is 1. The molecular weight excluding hydrogens is 356 g/mol. The van der Waals surface area contributed by atoms with Crippen molar-refractivity contribution in [2.24, 2.45) is 0 Å². The van der Waals surface area contributed by atoms with Gasteiger partial charge in [0.25, 0.3) is 0 Å². The third kappa shape index (κ3) is 5.51. The van der Waals surface area contributed by atoms with E-state index in [0.717, 1.165) is 0 Å². The number of carbonyl (C=O) groups is 3. The average molecular weight is 380 g/mol. The zero-order valence-electron chi connectivity index (χ0n) is 15.9. The summed E-state index contributed by atoms with van der Waals surface area (Å²) in [6.07, 6.45) is -4.34. The van der Waals surface area contributed by atoms with E-state index in [9.17, 15) is 19.5 Å². The first kappa shape index (κ1) is 20.9. The molecule has 0 bridgehead atoms. The van der Waals surface area contributed by atoms with Crippen LogP contribution in [0, 0.1) is 0 Å². The lowest BCUT2D eigenvalue weighted by Crippen LogP contribution is -2.42. The van der Waals surface area contributed by atoms with Crippen LogP contribution >= 0.6 is 0 Å². The van der Waals surface area contributed by atoms with E-state index in [1.807, 2.05) is 0 Å². The molecule has 0 aromatic heterocycles. The highest BCUT2D eigenvalue weighted by molar-refractivity contribution is 5.88. The summed E-state index contributed by atoms with van der Waals surface area (Å²) in [5.41, 5.74) is -0.514. The molecule has 27 heavy (non-hydrogen) atoms. The average Bonchev–Trinajstić information content (AvgIpc) is 2.87. The number of rotatable bonds is 5. The number of hydrogen-bond acceptors (Lipinski definition) is 7. The highest BCUT2D eigenvalue weighted by atomic mass is 16.8. The van der Waals surface area contributed by atoms with Gasteiger partial charge >= 0.3 is 17.9 Å². The maximum absolute atomic E-state index is 12.6. The number of hydrogen-bond donors (Lipinski definition) is 1. The largest absolute Gasteiger partial charge is 0.478 e. The summed E-state index contributed by atoms with van der Waals surface area (Å²) in [4.78, 5) is 36.5. The van der Waals surface area contributed by atoms with Crippen molar-refractivity contribution in [2.45, 2.75) is 64.3 Å². The lowest BCUT2D eigenvalue weighted by atomic mass is 10.1. The van der Waals surface area contributed by atoms with Crippen LogP contribution in [0.4, 0.5) is 0 Å². The summed E-state index contributed by atoms with van der Waals surface area (Å²) in [7, 11) is 0. The molecule has 3 atom stereocenters. The molecule has 8 nitrogen and oxygen atoms in total. The van der Waals surface area contributed by atoms with Gasteiger partial charge in [0.05, 0.1) is 0 Å². The Balaban J connectivity index is 2.21. The van der Waals surface area contributed by atoms with E-state index in [2.05, 4.69) is 0 Å². The van der Waals surface area contributed by atoms with E-state index in [1.165, 1.54) is 26.0 Å². The number of esters is 2. The molecule has 1 N–H and O–H groups in total. The van der Waals surface area contributed by atoms with Crippen LogP contribution in [-0.2, 0) is 33.3 Å². The zero-order chi connectivity index (χ0) is 20.4. The summed E-state index contributed by atoms with van der Waals surface area (Å²) < 4.78 is 21.4. The number of carboxylic acids is 1. The van der Waals surface area contributed by atoms with Gasteiger partial charge in [-0.25, -0.2) is 14.4 Å². The molecule has 0 unspecified atom stereocenters. The standard InChI is InChI=1S/C19H24O8/c1-18(2,3)27-17(23)14-13(25-19(4,5)26-14)16(22)24-12(15(20)21)11-9-7-6-8-10-11/h6-10,12-14H,1-5H3,(H,20,21)/t12-,13-,14-/m0/s1. The maximum atomic E-state index is 12.6. The van der Waals surface area contributed by atoms with E-state index >= 15 is 0 Å². The Morgan fingerprint density at radius 3 is 2.04 bits per heavy atom. The zero-order valence-corrected chi connectivity index (χ0v) is 15.9. The number of carbonyl (C=O) groups excluding carboxylic acids is 2. The van der Waals surface area contributed by atoms with Crippen molar-refractivity contribution in [3.8, 4) is 0 Å². The van der Waals surface area contributed by atoms with Crippen LogP contribution in [0.2, 0.25) is 0 Å². The molecule has 0 amide bonds. The molecule has 2 rings (SSSR count). The fourth-order valence-corrected chi connectivity index (χ4v) is 2.54. The van der Waals surface area contributed by atoms with Crippen molar-refractivity contribution in [1.29, 1.82) is 0 Å². The Kier molecular flexibility index (Phi) is 5.91. The summed E-state index contributed by atoms with van der Waals surface area (Å²) in [6, 6.07) is 8.00. The number of benzene rings is 1. The summed E-state index contributed by atoms with van der Waals surface area (Å²) in [5, 5.41) is 9.41. The van der Waals surface area contributed by atoms with Gasteiger partial charge in [0.15, 0.2) is 18.0 Å². The molecule has 1 heterocycles. The van der Waals surface area contributed by atoms with Crippen LogP contribution in [0.5, 0.6) is 0 Å². The van der Waals surface area contributed by atoms with E-state index in [1.54, 1.807) is 39.0 Å². The minimum Gasteiger partial charge on any atom is -0.478 e. The molecule has 8 heteroatoms. The van der Waals surface area contributed by atoms with Gasteiger partial charge in [-0.3, -0.25) is 0 Å². The van der Waals surface area contributed by atoms with Crippen LogP contribution in [0.15, 0.2) is 30.3 Å². The van der Waals surface area contributed by atoms with Crippen LogP contribution in [-0.4, -0.2) is 46.6 Å². The first-order valence-corrected chi connectivity index (χ1v) is 8.46. The normalized spacial score (nSPS) is 22.7. The molecule has 0 spiro atoms. The molecular formula is C19H24O8. The first-order valence-electron chi connectivity index (χ1n) is 8.46. The molecule has 1 saturated heterocycles. The van der Waals surface area contributed by atoms with Gasteiger partial charge in [0, 0.05) is 5.56 Å². The monoisotopic (exact) mass is 380 g/mol. The van der Waals surface area contributed by atoms with Crippen molar-refractivity contribution in [1.82, 2.24) is 0 Å². The van der Waals surface area contributed by atoms with E-state index in [0.29, 0.717) is 0 Å². The van der Waals surface area contributed by atoms with Crippen molar-refractivity contribution in [3.05, 3.63) is 35.9 Å². The predicted molar refractivity (Wildman–Crippen MR) is 92.6 cm³/mol. The van der Waals surface area contributed by atoms with Gasteiger partial charge in [0.1, 0.15) is 5.60 Å². The van der Waals surface area contributed by atoms with Gasteiger partial charge in [-0.15, -0.1) is 0 Å². The molecule has 1 aromatic carbocycles. The minimum absolute atomic E-state index is 0.283. The van der Waals surface area contributed by atoms with Crippen molar-refractivity contribution < 1.29 is 38.4 Å². The van der Waals surface area contributed by atoms with Crippen molar-refractivity contribution in [3.63, 3.8) is 0 Å². The van der Waals surface area contributed by atoms with Crippen molar-refractivity contribution in [2.75, 3.05) is 0 Å². The lowest BCUT2D eigenvalue weighted by Gasteiger charge is -2.23. The SMILES string of the molecule is CC(C)(C)OC(=O)[C@H]1OC(C)(C)O[C@@H]1C(=O)O[C@H](C(=O)O)c1ccccc1. The van der Waals surface area contributed by atoms with Gasteiger partial charge in [-0.05, 0) is 34.6 Å². The molecule has 1 aromatic rings. The molecule has 148 valence electrons. The minimum atomic E-state index is -1.54. The molecule has 0 aliphatic carbocycles. The summed E-state index contributed by atoms with van der Waals surface area (Å²) in [6.45, 7) is 8.09. The maximum Gasteiger partial charge on any atom is 0.349 e. The highest BCUT2D eigenvalue weighted by Gasteiger charge is 2.52. The lowest BCUT2D eigenvalue weighted by molar-refractivity contribution is -0.181. The van der Waals surface area contributed by atoms with Gasteiger partial charge < -0.3 is 24.1 Å². The predicted octanol–water partition coefficient (Wildman–Crippen LogP) is 2.22. The van der Waals surface area contributed by atoms with Gasteiger partial charge in [-0.2, -0.15) is 0 Å². The topological polar surface area (TPSA) is 108 Å². The number of aliphatic carboxylic acids is 1. The Morgan fingerprint density at radius 1 is 1.04 bits per heavy atom. The Labute approximate surface area is 157 Å². The molecule has 0 radical (unpaired) electrons. The fraction of sp³-hybridized carbons (Fsp3) is 0.526. The second-order valence-corrected chi connectivity index (χ2v) is 7.58. The molecule has 1 aliphatic rings. The molecule has 1 fully saturated rings. The second kappa shape index (κ2) is 7.66. The number of ether oxygens (including phenoxy) is 4. The van der Waals surface area contributed by atoms with Crippen LogP contribution in [0.3, 0.4) is 0 Å². The van der Waals surface area contributed by atoms with E-state index < -0.39 is 47.6 Å². The highest BCUT2D eigenvalue weighted by Crippen LogP contribution is 2.32. The van der Waals surface area contributed by atoms with E-state index in [-0.39, 0.29) is 5.56 Å². The van der Waals surface area contributed by atoms with Crippen LogP contribution in [0.25, 0.3) is 0 Å². The van der Waals surface area contributed by atoms with Gasteiger partial charge in [-0.1, -0.05) is 30.3 Å². The summed E-state index contributed by atoms with van der Waals surface area (Å²) >= 11 is 0. The third-order valence-electron chi connectivity index (χ3n) is 3.53. The quantitative estimate of drug-likeness (QED) is 0.775. The summed E-state index contributed by atoms with van der Waals surface area (Å²) in [5.74, 6) is -4.40. The van der Waals surface area contributed by atoms with Gasteiger partial charge in [0.2, 0.25) is 6.10 Å². The van der Waals surface area contributed by atoms with E-state index in [4.69, 9.17) is 18.9 Å². The Hall–Kier alpha value is -2.45. The fourth-order valence-electron chi connectivity index (χ4n) is 2.54. The molecule has 0 saturated carbocycles.